The molecule has 0 aromatic heterocycles. The fraction of sp³-hybridized carbons (Fsp3) is 0.690. The van der Waals surface area contributed by atoms with E-state index < -0.39 is 6.04 Å². The summed E-state index contributed by atoms with van der Waals surface area (Å²) in [6.07, 6.45) is 9.66. The highest BCUT2D eigenvalue weighted by Gasteiger charge is 2.36. The van der Waals surface area contributed by atoms with Crippen LogP contribution >= 0.6 is 0 Å². The van der Waals surface area contributed by atoms with Gasteiger partial charge in [-0.3, -0.25) is 14.4 Å². The minimum absolute atomic E-state index is 0.0110. The summed E-state index contributed by atoms with van der Waals surface area (Å²) in [4.78, 5) is 43.8. The van der Waals surface area contributed by atoms with Gasteiger partial charge in [0.05, 0.1) is 0 Å². The molecule has 1 aliphatic heterocycles. The first-order chi connectivity index (χ1) is 16.9. The molecule has 6 nitrogen and oxygen atoms in total. The number of benzene rings is 1. The second-order valence-corrected chi connectivity index (χ2v) is 10.5. The summed E-state index contributed by atoms with van der Waals surface area (Å²) in [5.41, 5.74) is 1.03. The summed E-state index contributed by atoms with van der Waals surface area (Å²) >= 11 is 0. The van der Waals surface area contributed by atoms with Crippen molar-refractivity contribution >= 4 is 17.7 Å². The molecule has 2 fully saturated rings. The number of piperazine rings is 1. The second-order valence-electron chi connectivity index (χ2n) is 10.5. The van der Waals surface area contributed by atoms with Crippen molar-refractivity contribution in [3.63, 3.8) is 0 Å². The smallest absolute Gasteiger partial charge is 0.245 e. The lowest BCUT2D eigenvalue weighted by molar-refractivity contribution is -0.147. The number of hydrogen-bond acceptors (Lipinski definition) is 3. The fourth-order valence-corrected chi connectivity index (χ4v) is 5.60. The monoisotopic (exact) mass is 483 g/mol. The van der Waals surface area contributed by atoms with Gasteiger partial charge in [0.1, 0.15) is 6.04 Å². The van der Waals surface area contributed by atoms with Gasteiger partial charge >= 0.3 is 0 Å². The van der Waals surface area contributed by atoms with Crippen molar-refractivity contribution in [3.8, 4) is 0 Å². The average Bonchev–Trinajstić information content (AvgIpc) is 2.89. The van der Waals surface area contributed by atoms with Crippen molar-refractivity contribution in [3.05, 3.63) is 35.9 Å². The lowest BCUT2D eigenvalue weighted by atomic mass is 9.87. The Morgan fingerprint density at radius 2 is 1.74 bits per heavy atom. The number of nitrogens with zero attached hydrogens (tertiary/aromatic N) is 2. The molecule has 35 heavy (non-hydrogen) atoms. The van der Waals surface area contributed by atoms with Crippen molar-refractivity contribution in [1.82, 2.24) is 15.1 Å². The third-order valence-corrected chi connectivity index (χ3v) is 7.84. The number of carbonyl (C=O) groups excluding carboxylic acids is 3. The van der Waals surface area contributed by atoms with Crippen LogP contribution in [0.4, 0.5) is 0 Å². The van der Waals surface area contributed by atoms with E-state index in [1.165, 1.54) is 6.42 Å². The lowest BCUT2D eigenvalue weighted by Crippen LogP contribution is -2.60. The third-order valence-electron chi connectivity index (χ3n) is 7.84. The SMILES string of the molecule is CCCCC(CC)C(=O)NC(Cc1ccccc1)C(=O)N1CCN(C(=O)C2CCCCC2)C(C)C1. The largest absolute Gasteiger partial charge is 0.344 e. The van der Waals surface area contributed by atoms with Gasteiger partial charge in [0.25, 0.3) is 0 Å². The Hall–Kier alpha value is -2.37. The van der Waals surface area contributed by atoms with E-state index in [-0.39, 0.29) is 35.6 Å². The molecule has 1 aromatic carbocycles. The first-order valence-electron chi connectivity index (χ1n) is 13.9. The fourth-order valence-electron chi connectivity index (χ4n) is 5.60. The summed E-state index contributed by atoms with van der Waals surface area (Å²) in [5.74, 6) is 0.288. The summed E-state index contributed by atoms with van der Waals surface area (Å²) in [7, 11) is 0. The minimum Gasteiger partial charge on any atom is -0.344 e. The molecule has 0 bridgehead atoms. The molecule has 6 heteroatoms. The van der Waals surface area contributed by atoms with Gasteiger partial charge in [-0.2, -0.15) is 0 Å². The molecule has 1 heterocycles. The Morgan fingerprint density at radius 1 is 1.03 bits per heavy atom. The molecule has 1 aliphatic carbocycles. The molecular weight excluding hydrogens is 438 g/mol. The van der Waals surface area contributed by atoms with Gasteiger partial charge in [-0.25, -0.2) is 0 Å². The van der Waals surface area contributed by atoms with E-state index in [4.69, 9.17) is 0 Å². The molecule has 2 aliphatic rings. The van der Waals surface area contributed by atoms with Crippen molar-refractivity contribution < 1.29 is 14.4 Å². The first-order valence-corrected chi connectivity index (χ1v) is 13.9. The molecule has 194 valence electrons. The lowest BCUT2D eigenvalue weighted by Gasteiger charge is -2.42. The third kappa shape index (κ3) is 7.55. The molecule has 3 unspecified atom stereocenters. The van der Waals surface area contributed by atoms with Gasteiger partial charge in [0.2, 0.25) is 17.7 Å². The Labute approximate surface area is 211 Å². The summed E-state index contributed by atoms with van der Waals surface area (Å²) in [6, 6.07) is 9.30. The molecule has 3 amide bonds. The highest BCUT2D eigenvalue weighted by atomic mass is 16.2. The zero-order valence-electron chi connectivity index (χ0n) is 22.0. The summed E-state index contributed by atoms with van der Waals surface area (Å²) < 4.78 is 0. The van der Waals surface area contributed by atoms with Crippen LogP contribution < -0.4 is 5.32 Å². The molecule has 3 rings (SSSR count). The van der Waals surface area contributed by atoms with Crippen LogP contribution in [0.3, 0.4) is 0 Å². The standard InChI is InChI=1S/C29H45N3O3/c1-4-6-15-24(5-2)27(33)30-26(20-23-13-9-7-10-14-23)29(35)31-18-19-32(22(3)21-31)28(34)25-16-11-8-12-17-25/h7,9-10,13-14,22,24-26H,4-6,8,11-12,15-21H2,1-3H3,(H,30,33). The van der Waals surface area contributed by atoms with Crippen LogP contribution in [0.1, 0.15) is 84.1 Å². The van der Waals surface area contributed by atoms with Gasteiger partial charge in [-0.1, -0.05) is 76.3 Å². The zero-order valence-corrected chi connectivity index (χ0v) is 22.0. The Morgan fingerprint density at radius 3 is 2.37 bits per heavy atom. The maximum atomic E-state index is 13.7. The maximum Gasteiger partial charge on any atom is 0.245 e. The van der Waals surface area contributed by atoms with E-state index in [9.17, 15) is 14.4 Å². The summed E-state index contributed by atoms with van der Waals surface area (Å²) in [6.45, 7) is 7.83. The van der Waals surface area contributed by atoms with Crippen molar-refractivity contribution in [2.24, 2.45) is 11.8 Å². The number of unbranched alkanes of at least 4 members (excludes halogenated alkanes) is 1. The van der Waals surface area contributed by atoms with E-state index in [2.05, 4.69) is 12.2 Å². The predicted molar refractivity (Wildman–Crippen MR) is 140 cm³/mol. The van der Waals surface area contributed by atoms with Crippen LogP contribution in [0, 0.1) is 11.8 Å². The number of carbonyl (C=O) groups is 3. The molecule has 0 spiro atoms. The minimum atomic E-state index is -0.589. The topological polar surface area (TPSA) is 69.7 Å². The van der Waals surface area contributed by atoms with Crippen LogP contribution in [-0.4, -0.2) is 59.2 Å². The Balaban J connectivity index is 1.67. The van der Waals surface area contributed by atoms with Crippen LogP contribution in [0.25, 0.3) is 0 Å². The Bertz CT molecular complexity index is 822. The molecule has 0 radical (unpaired) electrons. The van der Waals surface area contributed by atoms with Gasteiger partial charge < -0.3 is 15.1 Å². The second kappa shape index (κ2) is 13.6. The maximum absolute atomic E-state index is 13.7. The van der Waals surface area contributed by atoms with Gasteiger partial charge in [-0.05, 0) is 38.2 Å². The van der Waals surface area contributed by atoms with E-state index >= 15 is 0 Å². The van der Waals surface area contributed by atoms with E-state index in [1.807, 2.05) is 54.0 Å². The van der Waals surface area contributed by atoms with Gasteiger partial charge in [0.15, 0.2) is 0 Å². The first kappa shape index (κ1) is 27.2. The van der Waals surface area contributed by atoms with Crippen LogP contribution in [0.2, 0.25) is 0 Å². The van der Waals surface area contributed by atoms with E-state index in [1.54, 1.807) is 0 Å². The highest BCUT2D eigenvalue weighted by Crippen LogP contribution is 2.27. The average molecular weight is 484 g/mol. The van der Waals surface area contributed by atoms with Crippen LogP contribution in [0.5, 0.6) is 0 Å². The molecule has 1 aromatic rings. The van der Waals surface area contributed by atoms with Crippen LogP contribution in [-0.2, 0) is 20.8 Å². The number of nitrogens with one attached hydrogen (secondary N) is 1. The highest BCUT2D eigenvalue weighted by molar-refractivity contribution is 5.89. The van der Waals surface area contributed by atoms with Crippen molar-refractivity contribution in [2.45, 2.75) is 97.1 Å². The molecule has 3 atom stereocenters. The van der Waals surface area contributed by atoms with Gasteiger partial charge in [0, 0.05) is 43.9 Å². The number of amides is 3. The van der Waals surface area contributed by atoms with E-state index in [0.717, 1.165) is 56.9 Å². The number of hydrogen-bond donors (Lipinski definition) is 1. The quantitative estimate of drug-likeness (QED) is 0.530. The van der Waals surface area contributed by atoms with Gasteiger partial charge in [-0.15, -0.1) is 0 Å². The zero-order chi connectivity index (χ0) is 25.2. The Kier molecular flexibility index (Phi) is 10.6. The molecule has 1 saturated heterocycles. The normalized spacial score (nSPS) is 20.8. The van der Waals surface area contributed by atoms with Crippen molar-refractivity contribution in [2.75, 3.05) is 19.6 Å². The molecule has 1 saturated carbocycles. The number of rotatable bonds is 10. The van der Waals surface area contributed by atoms with Crippen molar-refractivity contribution in [1.29, 1.82) is 0 Å². The predicted octanol–water partition coefficient (Wildman–Crippen LogP) is 4.57. The molecular formula is C29H45N3O3. The molecule has 1 N–H and O–H groups in total. The van der Waals surface area contributed by atoms with E-state index in [0.29, 0.717) is 26.1 Å². The summed E-state index contributed by atoms with van der Waals surface area (Å²) in [5, 5.41) is 3.11. The van der Waals surface area contributed by atoms with Crippen LogP contribution in [0.15, 0.2) is 30.3 Å².